The molecular weight excluding hydrogens is 342 g/mol. The SMILES string of the molecule is CCCCc1ccc(NC(=O)COC(=O)C=Cc2ccc(OC)cc2)cc1. The van der Waals surface area contributed by atoms with E-state index in [1.165, 1.54) is 11.6 Å². The predicted molar refractivity (Wildman–Crippen MR) is 107 cm³/mol. The molecular formula is C22H25NO4. The number of carbonyl (C=O) groups excluding carboxylic acids is 2. The van der Waals surface area contributed by atoms with E-state index in [2.05, 4.69) is 12.2 Å². The van der Waals surface area contributed by atoms with Crippen LogP contribution >= 0.6 is 0 Å². The number of unbranched alkanes of at least 4 members (excludes halogenated alkanes) is 1. The molecule has 5 nitrogen and oxygen atoms in total. The van der Waals surface area contributed by atoms with Crippen LogP contribution in [0.2, 0.25) is 0 Å². The Morgan fingerprint density at radius 2 is 1.74 bits per heavy atom. The summed E-state index contributed by atoms with van der Waals surface area (Å²) in [5, 5.41) is 2.71. The van der Waals surface area contributed by atoms with Crippen molar-refractivity contribution in [2.75, 3.05) is 19.0 Å². The zero-order valence-corrected chi connectivity index (χ0v) is 15.7. The first kappa shape index (κ1) is 20.2. The highest BCUT2D eigenvalue weighted by molar-refractivity contribution is 5.94. The Hall–Kier alpha value is -3.08. The molecule has 5 heteroatoms. The van der Waals surface area contributed by atoms with Gasteiger partial charge in [-0.25, -0.2) is 4.79 Å². The Kier molecular flexibility index (Phi) is 8.10. The third-order valence-electron chi connectivity index (χ3n) is 3.93. The van der Waals surface area contributed by atoms with Crippen LogP contribution in [-0.2, 0) is 20.7 Å². The lowest BCUT2D eigenvalue weighted by Gasteiger charge is -2.06. The molecule has 0 radical (unpaired) electrons. The normalized spacial score (nSPS) is 10.6. The molecule has 27 heavy (non-hydrogen) atoms. The van der Waals surface area contributed by atoms with Gasteiger partial charge in [-0.3, -0.25) is 4.79 Å². The van der Waals surface area contributed by atoms with Crippen LogP contribution in [-0.4, -0.2) is 25.6 Å². The molecule has 0 fully saturated rings. The highest BCUT2D eigenvalue weighted by Crippen LogP contribution is 2.13. The van der Waals surface area contributed by atoms with Gasteiger partial charge in [-0.1, -0.05) is 37.6 Å². The van der Waals surface area contributed by atoms with Gasteiger partial charge in [-0.05, 0) is 54.3 Å². The fraction of sp³-hybridized carbons (Fsp3) is 0.273. The zero-order valence-electron chi connectivity index (χ0n) is 15.7. The summed E-state index contributed by atoms with van der Waals surface area (Å²) < 4.78 is 10.0. The molecule has 1 amide bonds. The maximum Gasteiger partial charge on any atom is 0.331 e. The van der Waals surface area contributed by atoms with Gasteiger partial charge in [0.05, 0.1) is 7.11 Å². The number of benzene rings is 2. The zero-order chi connectivity index (χ0) is 19.5. The summed E-state index contributed by atoms with van der Waals surface area (Å²) in [6.45, 7) is 1.82. The molecule has 1 N–H and O–H groups in total. The van der Waals surface area contributed by atoms with Gasteiger partial charge in [-0.2, -0.15) is 0 Å². The number of methoxy groups -OCH3 is 1. The van der Waals surface area contributed by atoms with Crippen LogP contribution in [0.25, 0.3) is 6.08 Å². The molecule has 0 spiro atoms. The van der Waals surface area contributed by atoms with E-state index >= 15 is 0 Å². The Labute approximate surface area is 160 Å². The monoisotopic (exact) mass is 367 g/mol. The number of rotatable bonds is 9. The van der Waals surface area contributed by atoms with E-state index in [0.29, 0.717) is 5.69 Å². The first-order valence-electron chi connectivity index (χ1n) is 8.98. The van der Waals surface area contributed by atoms with E-state index in [0.717, 1.165) is 30.6 Å². The smallest absolute Gasteiger partial charge is 0.331 e. The molecule has 0 heterocycles. The molecule has 0 bridgehead atoms. The number of hydrogen-bond donors (Lipinski definition) is 1. The van der Waals surface area contributed by atoms with Gasteiger partial charge in [0.15, 0.2) is 6.61 Å². The van der Waals surface area contributed by atoms with E-state index in [-0.39, 0.29) is 12.5 Å². The van der Waals surface area contributed by atoms with Crippen molar-refractivity contribution in [3.63, 3.8) is 0 Å². The highest BCUT2D eigenvalue weighted by atomic mass is 16.5. The van der Waals surface area contributed by atoms with Crippen LogP contribution in [0.3, 0.4) is 0 Å². The first-order chi connectivity index (χ1) is 13.1. The molecule has 2 aromatic rings. The van der Waals surface area contributed by atoms with Crippen molar-refractivity contribution in [3.05, 3.63) is 65.7 Å². The van der Waals surface area contributed by atoms with Crippen LogP contribution in [0.1, 0.15) is 30.9 Å². The topological polar surface area (TPSA) is 64.6 Å². The van der Waals surface area contributed by atoms with Crippen molar-refractivity contribution in [3.8, 4) is 5.75 Å². The minimum Gasteiger partial charge on any atom is -0.497 e. The van der Waals surface area contributed by atoms with Crippen molar-refractivity contribution in [1.82, 2.24) is 0 Å². The Morgan fingerprint density at radius 3 is 2.37 bits per heavy atom. The predicted octanol–water partition coefficient (Wildman–Crippen LogP) is 4.23. The van der Waals surface area contributed by atoms with Gasteiger partial charge in [0, 0.05) is 11.8 Å². The lowest BCUT2D eigenvalue weighted by Crippen LogP contribution is -2.20. The number of esters is 1. The molecule has 142 valence electrons. The number of hydrogen-bond acceptors (Lipinski definition) is 4. The molecule has 2 rings (SSSR count). The van der Waals surface area contributed by atoms with Crippen LogP contribution in [0, 0.1) is 0 Å². The summed E-state index contributed by atoms with van der Waals surface area (Å²) in [4.78, 5) is 23.6. The highest BCUT2D eigenvalue weighted by Gasteiger charge is 2.06. The average molecular weight is 367 g/mol. The minimum atomic E-state index is -0.573. The quantitative estimate of drug-likeness (QED) is 0.532. The van der Waals surface area contributed by atoms with Crippen LogP contribution in [0.15, 0.2) is 54.6 Å². The van der Waals surface area contributed by atoms with E-state index in [1.807, 2.05) is 36.4 Å². The van der Waals surface area contributed by atoms with Crippen LogP contribution in [0.5, 0.6) is 5.75 Å². The fourth-order valence-electron chi connectivity index (χ4n) is 2.40. The van der Waals surface area contributed by atoms with E-state index in [1.54, 1.807) is 25.3 Å². The molecule has 0 saturated carbocycles. The van der Waals surface area contributed by atoms with Crippen LogP contribution < -0.4 is 10.1 Å². The van der Waals surface area contributed by atoms with Crippen molar-refractivity contribution >= 4 is 23.6 Å². The summed E-state index contributed by atoms with van der Waals surface area (Å²) in [5.41, 5.74) is 2.76. The number of nitrogens with one attached hydrogen (secondary N) is 1. The third kappa shape index (κ3) is 7.36. The maximum atomic E-state index is 11.9. The van der Waals surface area contributed by atoms with Gasteiger partial charge < -0.3 is 14.8 Å². The molecule has 2 aromatic carbocycles. The van der Waals surface area contributed by atoms with Gasteiger partial charge in [0.25, 0.3) is 5.91 Å². The molecule has 0 aliphatic rings. The van der Waals surface area contributed by atoms with Crippen molar-refractivity contribution < 1.29 is 19.1 Å². The van der Waals surface area contributed by atoms with Crippen molar-refractivity contribution in [1.29, 1.82) is 0 Å². The van der Waals surface area contributed by atoms with E-state index < -0.39 is 5.97 Å². The second-order valence-electron chi connectivity index (χ2n) is 6.06. The van der Waals surface area contributed by atoms with Gasteiger partial charge in [0.1, 0.15) is 5.75 Å². The van der Waals surface area contributed by atoms with Crippen molar-refractivity contribution in [2.45, 2.75) is 26.2 Å². The van der Waals surface area contributed by atoms with E-state index in [9.17, 15) is 9.59 Å². The minimum absolute atomic E-state index is 0.330. The molecule has 0 saturated heterocycles. The molecule has 0 aromatic heterocycles. The van der Waals surface area contributed by atoms with Crippen molar-refractivity contribution in [2.24, 2.45) is 0 Å². The first-order valence-corrected chi connectivity index (χ1v) is 8.98. The van der Waals surface area contributed by atoms with Gasteiger partial charge in [-0.15, -0.1) is 0 Å². The molecule has 0 unspecified atom stereocenters. The fourth-order valence-corrected chi connectivity index (χ4v) is 2.40. The number of anilines is 1. The number of ether oxygens (including phenoxy) is 2. The largest absolute Gasteiger partial charge is 0.497 e. The standard InChI is InChI=1S/C22H25NO4/c1-3-4-5-17-6-11-19(12-7-17)23-21(24)16-27-22(25)15-10-18-8-13-20(26-2)14-9-18/h6-15H,3-5,16H2,1-2H3,(H,23,24). The molecule has 0 aliphatic carbocycles. The van der Waals surface area contributed by atoms with E-state index in [4.69, 9.17) is 9.47 Å². The number of carbonyl (C=O) groups is 2. The summed E-state index contributed by atoms with van der Waals surface area (Å²) in [5.74, 6) is -0.205. The lowest BCUT2D eigenvalue weighted by atomic mass is 10.1. The second-order valence-corrected chi connectivity index (χ2v) is 6.06. The number of aryl methyl sites for hydroxylation is 1. The second kappa shape index (κ2) is 10.8. The van der Waals surface area contributed by atoms with Gasteiger partial charge >= 0.3 is 5.97 Å². The summed E-state index contributed by atoms with van der Waals surface area (Å²) >= 11 is 0. The molecule has 0 atom stereocenters. The summed E-state index contributed by atoms with van der Waals surface area (Å²) in [6.07, 6.45) is 6.23. The van der Waals surface area contributed by atoms with Crippen LogP contribution in [0.4, 0.5) is 5.69 Å². The summed E-state index contributed by atoms with van der Waals surface area (Å²) in [7, 11) is 1.59. The Balaban J connectivity index is 1.75. The number of amides is 1. The Bertz CT molecular complexity index is 764. The van der Waals surface area contributed by atoms with Gasteiger partial charge in [0.2, 0.25) is 0 Å². The summed E-state index contributed by atoms with van der Waals surface area (Å²) in [6, 6.07) is 14.9. The molecule has 0 aliphatic heterocycles. The Morgan fingerprint density at radius 1 is 1.04 bits per heavy atom. The third-order valence-corrected chi connectivity index (χ3v) is 3.93. The lowest BCUT2D eigenvalue weighted by molar-refractivity contribution is -0.142. The average Bonchev–Trinajstić information content (AvgIpc) is 2.70. The maximum absolute atomic E-state index is 11.9.